The number of carbonyl (C=O) groups excluding carboxylic acids is 1. The summed E-state index contributed by atoms with van der Waals surface area (Å²) in [5.74, 6) is -1.25. The topological polar surface area (TPSA) is 62.1 Å². The van der Waals surface area contributed by atoms with Crippen molar-refractivity contribution in [3.63, 3.8) is 0 Å². The van der Waals surface area contributed by atoms with Gasteiger partial charge >= 0.3 is 6.18 Å². The molecule has 0 aromatic heterocycles. The Morgan fingerprint density at radius 2 is 1.92 bits per heavy atom. The SMILES string of the molecule is CC1=NN(C(=O)COc2cc(Cl)c(Cl)cc2Cl)[C@](O)(C(F)(F)F)C1. The fourth-order valence-corrected chi connectivity index (χ4v) is 2.61. The van der Waals surface area contributed by atoms with Crippen molar-refractivity contribution < 1.29 is 27.8 Å². The van der Waals surface area contributed by atoms with Crippen LogP contribution in [0.15, 0.2) is 17.2 Å². The van der Waals surface area contributed by atoms with E-state index in [9.17, 15) is 23.1 Å². The molecular weight excluding hydrogens is 396 g/mol. The molecule has 5 nitrogen and oxygen atoms in total. The van der Waals surface area contributed by atoms with E-state index in [0.717, 1.165) is 0 Å². The normalized spacial score (nSPS) is 21.0. The fourth-order valence-electron chi connectivity index (χ4n) is 2.02. The van der Waals surface area contributed by atoms with Crippen LogP contribution in [0.4, 0.5) is 13.2 Å². The van der Waals surface area contributed by atoms with Crippen molar-refractivity contribution in [1.82, 2.24) is 5.01 Å². The molecule has 1 aromatic rings. The van der Waals surface area contributed by atoms with Crippen LogP contribution in [-0.2, 0) is 4.79 Å². The summed E-state index contributed by atoms with van der Waals surface area (Å²) in [5.41, 5.74) is -3.45. The smallest absolute Gasteiger partial charge is 0.438 e. The number of benzene rings is 1. The third-order valence-corrected chi connectivity index (χ3v) is 4.16. The van der Waals surface area contributed by atoms with Gasteiger partial charge in [-0.25, -0.2) is 0 Å². The van der Waals surface area contributed by atoms with Crippen LogP contribution < -0.4 is 4.74 Å². The summed E-state index contributed by atoms with van der Waals surface area (Å²) in [6, 6.07) is 2.48. The number of rotatable bonds is 3. The predicted molar refractivity (Wildman–Crippen MR) is 82.5 cm³/mol. The highest BCUT2D eigenvalue weighted by molar-refractivity contribution is 6.43. The molecule has 1 heterocycles. The average Bonchev–Trinajstić information content (AvgIpc) is 2.77. The zero-order chi connectivity index (χ0) is 18.3. The monoisotopic (exact) mass is 404 g/mol. The largest absolute Gasteiger partial charge is 0.482 e. The summed E-state index contributed by atoms with van der Waals surface area (Å²) < 4.78 is 44.2. The van der Waals surface area contributed by atoms with E-state index in [2.05, 4.69) is 5.10 Å². The van der Waals surface area contributed by atoms with Crippen LogP contribution in [0.25, 0.3) is 0 Å². The van der Waals surface area contributed by atoms with Crippen LogP contribution in [-0.4, -0.2) is 40.2 Å². The van der Waals surface area contributed by atoms with Crippen LogP contribution in [0.3, 0.4) is 0 Å². The predicted octanol–water partition coefficient (Wildman–Crippen LogP) is 3.88. The highest BCUT2D eigenvalue weighted by Crippen LogP contribution is 2.40. The van der Waals surface area contributed by atoms with Gasteiger partial charge in [0.1, 0.15) is 5.75 Å². The number of hydrazone groups is 1. The van der Waals surface area contributed by atoms with Gasteiger partial charge in [0.05, 0.1) is 15.1 Å². The lowest BCUT2D eigenvalue weighted by atomic mass is 10.1. The number of carbonyl (C=O) groups is 1. The van der Waals surface area contributed by atoms with Crippen molar-refractivity contribution >= 4 is 46.4 Å². The van der Waals surface area contributed by atoms with E-state index in [4.69, 9.17) is 39.5 Å². The summed E-state index contributed by atoms with van der Waals surface area (Å²) in [6.07, 6.45) is -5.92. The Bertz CT molecular complexity index is 712. The lowest BCUT2D eigenvalue weighted by Gasteiger charge is -2.32. The molecule has 1 aliphatic heterocycles. The van der Waals surface area contributed by atoms with Crippen LogP contribution in [0.2, 0.25) is 15.1 Å². The van der Waals surface area contributed by atoms with Crippen molar-refractivity contribution in [2.45, 2.75) is 25.2 Å². The van der Waals surface area contributed by atoms with E-state index in [1.165, 1.54) is 19.1 Å². The summed E-state index contributed by atoms with van der Waals surface area (Å²) in [6.45, 7) is 0.424. The van der Waals surface area contributed by atoms with Crippen LogP contribution in [0.5, 0.6) is 5.75 Å². The molecule has 0 radical (unpaired) electrons. The Morgan fingerprint density at radius 1 is 1.33 bits per heavy atom. The van der Waals surface area contributed by atoms with E-state index >= 15 is 0 Å². The number of halogens is 6. The molecule has 132 valence electrons. The van der Waals surface area contributed by atoms with Gasteiger partial charge in [-0.05, 0) is 13.0 Å². The Labute approximate surface area is 149 Å². The van der Waals surface area contributed by atoms with Gasteiger partial charge in [0.25, 0.3) is 11.6 Å². The summed E-state index contributed by atoms with van der Waals surface area (Å²) in [4.78, 5) is 12.0. The minimum absolute atomic E-state index is 0.0180. The first-order valence-electron chi connectivity index (χ1n) is 6.39. The molecule has 1 N–H and O–H groups in total. The summed E-state index contributed by atoms with van der Waals surface area (Å²) in [5, 5.41) is 13.5. The third-order valence-electron chi connectivity index (χ3n) is 3.14. The molecule has 0 aliphatic carbocycles. The van der Waals surface area contributed by atoms with Gasteiger partial charge in [0, 0.05) is 18.2 Å². The lowest BCUT2D eigenvalue weighted by Crippen LogP contribution is -2.57. The van der Waals surface area contributed by atoms with E-state index in [1.807, 2.05) is 0 Å². The molecule has 0 spiro atoms. The van der Waals surface area contributed by atoms with Crippen LogP contribution in [0.1, 0.15) is 13.3 Å². The third kappa shape index (κ3) is 3.56. The van der Waals surface area contributed by atoms with Crippen LogP contribution >= 0.6 is 34.8 Å². The molecule has 1 atom stereocenters. The first-order chi connectivity index (χ1) is 11.0. The minimum Gasteiger partial charge on any atom is -0.482 e. The standard InChI is InChI=1S/C13H10Cl3F3N2O3/c1-6-4-12(23,13(17,18)19)21(20-6)11(22)5-24-10-3-8(15)7(14)2-9(10)16/h2-3,23H,4-5H2,1H3/t12-/m1/s1. The van der Waals surface area contributed by atoms with Gasteiger partial charge in [-0.15, -0.1) is 0 Å². The molecule has 0 fully saturated rings. The first-order valence-corrected chi connectivity index (χ1v) is 7.52. The van der Waals surface area contributed by atoms with Gasteiger partial charge in [-0.1, -0.05) is 34.8 Å². The number of amides is 1. The van der Waals surface area contributed by atoms with Crippen molar-refractivity contribution in [3.05, 3.63) is 27.2 Å². The zero-order valence-electron chi connectivity index (χ0n) is 12.0. The first kappa shape index (κ1) is 19.1. The molecule has 0 saturated heterocycles. The summed E-state index contributed by atoms with van der Waals surface area (Å²) in [7, 11) is 0. The van der Waals surface area contributed by atoms with Gasteiger partial charge in [-0.3, -0.25) is 4.79 Å². The van der Waals surface area contributed by atoms with E-state index < -0.39 is 30.8 Å². The van der Waals surface area contributed by atoms with Gasteiger partial charge in [0.15, 0.2) is 6.61 Å². The second kappa shape index (κ2) is 6.59. The number of hydrogen-bond donors (Lipinski definition) is 1. The maximum atomic E-state index is 13.0. The van der Waals surface area contributed by atoms with Crippen molar-refractivity contribution in [2.75, 3.05) is 6.61 Å². The molecule has 0 unspecified atom stereocenters. The molecule has 0 saturated carbocycles. The van der Waals surface area contributed by atoms with E-state index in [0.29, 0.717) is 0 Å². The van der Waals surface area contributed by atoms with Gasteiger partial charge in [-0.2, -0.15) is 23.3 Å². The van der Waals surface area contributed by atoms with Crippen molar-refractivity contribution in [3.8, 4) is 5.75 Å². The molecule has 11 heteroatoms. The maximum absolute atomic E-state index is 13.0. The highest BCUT2D eigenvalue weighted by Gasteiger charge is 2.62. The Morgan fingerprint density at radius 3 is 2.50 bits per heavy atom. The number of hydrogen-bond acceptors (Lipinski definition) is 4. The Balaban J connectivity index is 2.16. The summed E-state index contributed by atoms with van der Waals surface area (Å²) >= 11 is 17.4. The lowest BCUT2D eigenvalue weighted by molar-refractivity contribution is -0.302. The van der Waals surface area contributed by atoms with Crippen molar-refractivity contribution in [2.24, 2.45) is 5.10 Å². The van der Waals surface area contributed by atoms with E-state index in [-0.39, 0.29) is 31.5 Å². The number of nitrogens with zero attached hydrogens (tertiary/aromatic N) is 2. The molecular formula is C13H10Cl3F3N2O3. The van der Waals surface area contributed by atoms with Gasteiger partial charge in [0.2, 0.25) is 0 Å². The number of aliphatic hydroxyl groups is 1. The Hall–Kier alpha value is -1.22. The second-order valence-electron chi connectivity index (χ2n) is 5.02. The molecule has 0 bridgehead atoms. The fraction of sp³-hybridized carbons (Fsp3) is 0.385. The quantitative estimate of drug-likeness (QED) is 0.776. The molecule has 24 heavy (non-hydrogen) atoms. The second-order valence-corrected chi connectivity index (χ2v) is 6.24. The Kier molecular flexibility index (Phi) is 5.25. The van der Waals surface area contributed by atoms with Crippen LogP contribution in [0, 0.1) is 0 Å². The molecule has 1 amide bonds. The van der Waals surface area contributed by atoms with E-state index in [1.54, 1.807) is 0 Å². The average molecular weight is 406 g/mol. The zero-order valence-corrected chi connectivity index (χ0v) is 14.3. The van der Waals surface area contributed by atoms with Crippen molar-refractivity contribution in [1.29, 1.82) is 0 Å². The highest BCUT2D eigenvalue weighted by atomic mass is 35.5. The number of alkyl halides is 3. The molecule has 1 aromatic carbocycles. The maximum Gasteiger partial charge on any atom is 0.438 e. The van der Waals surface area contributed by atoms with Gasteiger partial charge < -0.3 is 9.84 Å². The molecule has 2 rings (SSSR count). The number of ether oxygens (including phenoxy) is 1. The minimum atomic E-state index is -5.08. The molecule has 1 aliphatic rings.